The number of rotatable bonds is 23. The lowest BCUT2D eigenvalue weighted by molar-refractivity contribution is -0.438. The largest absolute Gasteiger partial charge is 0.490 e. The van der Waals surface area contributed by atoms with Crippen molar-refractivity contribution in [1.29, 1.82) is 0 Å². The van der Waals surface area contributed by atoms with Crippen molar-refractivity contribution in [2.24, 2.45) is 0 Å². The molecule has 35 heteroatoms. The van der Waals surface area contributed by atoms with Crippen LogP contribution in [0.1, 0.15) is 77.7 Å². The van der Waals surface area contributed by atoms with Gasteiger partial charge < -0.3 is 55.4 Å². The number of allylic oxidation sites excluding steroid dienone is 4. The van der Waals surface area contributed by atoms with Gasteiger partial charge in [-0.1, -0.05) is 19.9 Å². The van der Waals surface area contributed by atoms with Crippen molar-refractivity contribution in [1.82, 2.24) is 30.2 Å². The average molecular weight is 1210 g/mol. The first-order valence-corrected chi connectivity index (χ1v) is 31.4. The van der Waals surface area contributed by atoms with E-state index in [-0.39, 0.29) is 52.2 Å². The van der Waals surface area contributed by atoms with Crippen molar-refractivity contribution >= 4 is 89.8 Å². The number of nitrogens with zero attached hydrogens (tertiary/aromatic N) is 6. The van der Waals surface area contributed by atoms with Gasteiger partial charge in [0, 0.05) is 67.0 Å². The predicted molar refractivity (Wildman–Crippen MR) is 278 cm³/mol. The smallest absolute Gasteiger partial charge is 0.440 e. The molecule has 6 atom stereocenters. The quantitative estimate of drug-likeness (QED) is 0.0219. The molecule has 4 aromatic rings. The summed E-state index contributed by atoms with van der Waals surface area (Å²) in [5.74, 6) is -0.405. The first-order valence-electron chi connectivity index (χ1n) is 24.0. The second-order valence-electron chi connectivity index (χ2n) is 19.2. The summed E-state index contributed by atoms with van der Waals surface area (Å²) in [6.45, 7) is 9.31. The van der Waals surface area contributed by atoms with Gasteiger partial charge in [-0.2, -0.15) is 30.0 Å². The standard InChI is InChI=1S/C44H58N9O21P3S2/c1-6-51-30-16-14-26(78(64,65)66)21-28(30)43(2,3)33(51)11-10-12-34-44(4,5)29-22-27(79(67,68)69)15-17-31(29)52(34)20-9-7-8-13-35(54)46-18-19-47-42(56)72-38-32(23-70-76(60,61)74-77(62,63)73-75(57,58)59)71-41(37(38)55)53-25-50-36-39(45)48-24-49-40(36)53/h10-12,14-17,21-22,24-25,32,37-38,41,55H,6-9,13,18-20,23H2,1-5H3,(H9-,45,46,47,48,49,54,56,57,58,59,60,61,62,63,64,65,66,67,68,69)/p+1/t32-,37?,38?,41-/m1/s1. The number of alkyl carbamates (subject to hydrolysis) is 1. The molecular formula is C44H59N9O21P3S2+. The van der Waals surface area contributed by atoms with E-state index in [9.17, 15) is 64.1 Å². The summed E-state index contributed by atoms with van der Waals surface area (Å²) in [5.41, 5.74) is 9.12. The third-order valence-electron chi connectivity index (χ3n) is 13.2. The monoisotopic (exact) mass is 1210 g/mol. The van der Waals surface area contributed by atoms with E-state index in [2.05, 4.69) is 39.1 Å². The van der Waals surface area contributed by atoms with E-state index < -0.39 is 91.8 Å². The highest BCUT2D eigenvalue weighted by molar-refractivity contribution is 7.86. The summed E-state index contributed by atoms with van der Waals surface area (Å²) in [5, 5.41) is 16.4. The molecule has 2 aromatic carbocycles. The Kier molecular flexibility index (Phi) is 18.0. The first-order chi connectivity index (χ1) is 36.6. The number of hydrogen-bond donors (Lipinski definition) is 10. The molecule has 3 aliphatic heterocycles. The fourth-order valence-corrected chi connectivity index (χ4v) is 13.6. The van der Waals surface area contributed by atoms with Crippen LogP contribution in [0, 0.1) is 0 Å². The minimum atomic E-state index is -5.91. The molecule has 2 aromatic heterocycles. The number of ether oxygens (including phenoxy) is 2. The number of carbonyl (C=O) groups is 2. The van der Waals surface area contributed by atoms with Crippen LogP contribution in [-0.2, 0) is 72.2 Å². The van der Waals surface area contributed by atoms with Gasteiger partial charge in [0.25, 0.3) is 20.2 Å². The highest BCUT2D eigenvalue weighted by atomic mass is 32.2. The molecule has 30 nitrogen and oxygen atoms in total. The van der Waals surface area contributed by atoms with Gasteiger partial charge in [-0.05, 0) is 75.6 Å². The fraction of sp³-hybridized carbons (Fsp3) is 0.455. The number of nitrogens with two attached hydrogens (primary N) is 1. The van der Waals surface area contributed by atoms with E-state index in [0.717, 1.165) is 35.4 Å². The lowest BCUT2D eigenvalue weighted by atomic mass is 9.81. The Labute approximate surface area is 452 Å². The van der Waals surface area contributed by atoms with Crippen molar-refractivity contribution in [3.8, 4) is 0 Å². The molecular weight excluding hydrogens is 1150 g/mol. The van der Waals surface area contributed by atoms with E-state index in [1.807, 2.05) is 57.4 Å². The predicted octanol–water partition coefficient (Wildman–Crippen LogP) is 3.61. The number of likely N-dealkylation sites (N-methyl/N-ethyl adjacent to an activating group) is 1. The van der Waals surface area contributed by atoms with Crippen molar-refractivity contribution in [2.45, 2.75) is 105 Å². The number of aliphatic hydroxyl groups is 1. The summed E-state index contributed by atoms with van der Waals surface area (Å²) in [6.07, 6.45) is 1.77. The van der Waals surface area contributed by atoms with Crippen LogP contribution < -0.4 is 21.3 Å². The molecule has 1 saturated heterocycles. The van der Waals surface area contributed by atoms with E-state index in [4.69, 9.17) is 29.5 Å². The molecule has 0 bridgehead atoms. The number of nitrogens with one attached hydrogen (secondary N) is 2. The maximum Gasteiger partial charge on any atom is 0.490 e. The van der Waals surface area contributed by atoms with Crippen LogP contribution in [0.5, 0.6) is 0 Å². The Morgan fingerprint density at radius 2 is 1.53 bits per heavy atom. The zero-order valence-electron chi connectivity index (χ0n) is 42.8. The average Bonchev–Trinajstić information content (AvgIpc) is 4.06. The molecule has 5 heterocycles. The maximum absolute atomic E-state index is 13.0. The molecule has 2 amide bonds. The minimum absolute atomic E-state index is 0.0422. The Hall–Kier alpha value is -5.37. The highest BCUT2D eigenvalue weighted by Gasteiger charge is 2.50. The number of imidazole rings is 1. The third-order valence-corrected chi connectivity index (χ3v) is 18.7. The molecule has 3 aliphatic rings. The second kappa shape index (κ2) is 23.2. The van der Waals surface area contributed by atoms with Gasteiger partial charge in [-0.25, -0.2) is 33.4 Å². The molecule has 7 rings (SSSR count). The molecule has 11 N–H and O–H groups in total. The zero-order valence-corrected chi connectivity index (χ0v) is 47.1. The van der Waals surface area contributed by atoms with Gasteiger partial charge in [-0.3, -0.25) is 23.0 Å². The van der Waals surface area contributed by atoms with Crippen molar-refractivity contribution in [3.05, 3.63) is 84.1 Å². The molecule has 432 valence electrons. The van der Waals surface area contributed by atoms with Gasteiger partial charge in [0.1, 0.15) is 30.6 Å². The van der Waals surface area contributed by atoms with Gasteiger partial charge in [-0.15, -0.1) is 0 Å². The van der Waals surface area contributed by atoms with E-state index in [1.54, 1.807) is 12.1 Å². The number of amides is 2. The summed E-state index contributed by atoms with van der Waals surface area (Å²) in [4.78, 5) is 76.8. The molecule has 4 unspecified atom stereocenters. The van der Waals surface area contributed by atoms with Crippen LogP contribution in [0.3, 0.4) is 0 Å². The number of fused-ring (bicyclic) bond motifs is 3. The maximum atomic E-state index is 13.0. The van der Waals surface area contributed by atoms with E-state index >= 15 is 0 Å². The number of anilines is 2. The molecule has 0 radical (unpaired) electrons. The van der Waals surface area contributed by atoms with Gasteiger partial charge in [0.15, 0.2) is 29.5 Å². The Morgan fingerprint density at radius 3 is 2.19 bits per heavy atom. The van der Waals surface area contributed by atoms with Crippen molar-refractivity contribution in [2.75, 3.05) is 43.4 Å². The zero-order chi connectivity index (χ0) is 58.3. The topological polar surface area (TPSA) is 441 Å². The first kappa shape index (κ1) is 61.3. The van der Waals surface area contributed by atoms with Crippen molar-refractivity contribution < 1.29 is 101 Å². The molecule has 0 aliphatic carbocycles. The van der Waals surface area contributed by atoms with Crippen LogP contribution in [0.4, 0.5) is 22.0 Å². The Bertz CT molecular complexity index is 3510. The van der Waals surface area contributed by atoms with Crippen LogP contribution in [-0.4, -0.2) is 144 Å². The van der Waals surface area contributed by atoms with Crippen molar-refractivity contribution in [3.63, 3.8) is 0 Å². The fourth-order valence-electron chi connectivity index (χ4n) is 9.55. The Morgan fingerprint density at radius 1 is 0.873 bits per heavy atom. The van der Waals surface area contributed by atoms with Gasteiger partial charge >= 0.3 is 29.6 Å². The van der Waals surface area contributed by atoms with E-state index in [0.29, 0.717) is 43.5 Å². The third kappa shape index (κ3) is 14.0. The van der Waals surface area contributed by atoms with Crippen LogP contribution in [0.2, 0.25) is 0 Å². The summed E-state index contributed by atoms with van der Waals surface area (Å²) in [7, 11) is -26.3. The van der Waals surface area contributed by atoms with Gasteiger partial charge in [0.05, 0.1) is 28.1 Å². The normalized spacial score (nSPS) is 22.0. The van der Waals surface area contributed by atoms with E-state index in [1.165, 1.54) is 28.8 Å². The minimum Gasteiger partial charge on any atom is -0.440 e. The lowest BCUT2D eigenvalue weighted by Gasteiger charge is -2.25. The molecule has 79 heavy (non-hydrogen) atoms. The highest BCUT2D eigenvalue weighted by Crippen LogP contribution is 2.66. The number of phosphoric ester groups is 1. The van der Waals surface area contributed by atoms with Crippen LogP contribution in [0.25, 0.3) is 11.2 Å². The van der Waals surface area contributed by atoms with Gasteiger partial charge in [0.2, 0.25) is 11.6 Å². The number of phosphoric acid groups is 3. The second-order valence-corrected chi connectivity index (χ2v) is 26.5. The Balaban J connectivity index is 0.952. The number of hydrogen-bond acceptors (Lipinski definition) is 20. The number of benzene rings is 2. The lowest BCUT2D eigenvalue weighted by Crippen LogP contribution is -2.42. The molecule has 1 fully saturated rings. The molecule has 0 saturated carbocycles. The summed E-state index contributed by atoms with van der Waals surface area (Å²) >= 11 is 0. The number of aromatic nitrogens is 4. The summed E-state index contributed by atoms with van der Waals surface area (Å²) in [6, 6.07) is 8.89. The number of carbonyl (C=O) groups excluding carboxylic acids is 2. The summed E-state index contributed by atoms with van der Waals surface area (Å²) < 4.78 is 130. The SMILES string of the molecule is CCN1/C(=C/C=C/C2=[N+](CCCCCC(=O)NCCNC(=O)OC3C(O)[C@H](n4cnc5c(N)ncnc54)O[C@@H]3COP(=O)(O)OP(=O)(O)OP(=O)(O)O)c3ccc(S(=O)(=O)O)cc3C2(C)C)C(C)(C)c2cc(S(=O)(=O)O)ccc21. The molecule has 0 spiro atoms. The van der Waals surface area contributed by atoms with Crippen LogP contribution >= 0.6 is 23.5 Å². The number of aliphatic hydroxyl groups excluding tert-OH is 1. The van der Waals surface area contributed by atoms with Crippen LogP contribution in [0.15, 0.2) is 82.8 Å². The number of nitrogen functional groups attached to an aromatic ring is 1. The number of unbranched alkanes of at least 4 members (excludes halogenated alkanes) is 2.